The Labute approximate surface area is 164 Å². The van der Waals surface area contributed by atoms with Crippen molar-refractivity contribution >= 4 is 11.9 Å². The number of carbonyl (C=O) groups excluding carboxylic acids is 1. The first-order valence-electron chi connectivity index (χ1n) is 10.3. The molecule has 0 radical (unpaired) electrons. The van der Waals surface area contributed by atoms with E-state index in [-0.39, 0.29) is 5.91 Å². The van der Waals surface area contributed by atoms with Crippen LogP contribution in [0.25, 0.3) is 0 Å². The van der Waals surface area contributed by atoms with Crippen LogP contribution in [0.2, 0.25) is 0 Å². The molecule has 1 fully saturated rings. The molecule has 2 rings (SSSR count). The second-order valence-electron chi connectivity index (χ2n) is 7.74. The van der Waals surface area contributed by atoms with E-state index in [0.717, 1.165) is 42.5 Å². The second kappa shape index (κ2) is 11.6. The van der Waals surface area contributed by atoms with Gasteiger partial charge in [-0.25, -0.2) is 0 Å². The lowest BCUT2D eigenvalue weighted by Gasteiger charge is -2.21. The maximum atomic E-state index is 12.1. The summed E-state index contributed by atoms with van der Waals surface area (Å²) in [4.78, 5) is 18.0. The van der Waals surface area contributed by atoms with Crippen molar-refractivity contribution < 1.29 is 4.79 Å². The molecule has 27 heavy (non-hydrogen) atoms. The van der Waals surface area contributed by atoms with Gasteiger partial charge in [0.05, 0.1) is 0 Å². The molecule has 0 atom stereocenters. The molecule has 1 aromatic rings. The molecule has 1 aromatic carbocycles. The lowest BCUT2D eigenvalue weighted by molar-refractivity contribution is 0.0827. The van der Waals surface area contributed by atoms with Crippen molar-refractivity contribution in [3.05, 3.63) is 35.4 Å². The zero-order valence-corrected chi connectivity index (χ0v) is 17.3. The van der Waals surface area contributed by atoms with Gasteiger partial charge in [0.1, 0.15) is 0 Å². The van der Waals surface area contributed by atoms with Gasteiger partial charge in [0, 0.05) is 39.8 Å². The summed E-state index contributed by atoms with van der Waals surface area (Å²) in [5.74, 6) is 1.68. The molecule has 5 heteroatoms. The highest BCUT2D eigenvalue weighted by atomic mass is 16.2. The molecule has 1 aliphatic rings. The van der Waals surface area contributed by atoms with E-state index in [4.69, 9.17) is 0 Å². The molecule has 0 spiro atoms. The third kappa shape index (κ3) is 7.61. The molecule has 1 saturated carbocycles. The van der Waals surface area contributed by atoms with Crippen molar-refractivity contribution in [2.45, 2.75) is 51.4 Å². The van der Waals surface area contributed by atoms with Crippen LogP contribution in [0, 0.1) is 5.92 Å². The molecule has 1 aliphatic carbocycles. The normalized spacial score (nSPS) is 16.3. The third-order valence-corrected chi connectivity index (χ3v) is 5.29. The highest BCUT2D eigenvalue weighted by Crippen LogP contribution is 2.21. The highest BCUT2D eigenvalue weighted by molar-refractivity contribution is 5.94. The molecule has 0 aromatic heterocycles. The van der Waals surface area contributed by atoms with Crippen LogP contribution in [0.3, 0.4) is 0 Å². The monoisotopic (exact) mass is 372 g/mol. The maximum Gasteiger partial charge on any atom is 0.253 e. The summed E-state index contributed by atoms with van der Waals surface area (Å²) in [5, 5.41) is 6.90. The standard InChI is InChI=1S/C22H36N4O/c1-23-22(25-17-19-10-7-5-4-6-8-11-19)24-15-14-18-12-9-13-20(16-18)21(27)26(2)3/h9,12-13,16,19H,4-8,10-11,14-15,17H2,1-3H3,(H2,23,24,25). The Hall–Kier alpha value is -2.04. The molecule has 5 nitrogen and oxygen atoms in total. The van der Waals surface area contributed by atoms with Crippen LogP contribution in [0.5, 0.6) is 0 Å². The molecule has 1 amide bonds. The SMILES string of the molecule is CN=C(NCCc1cccc(C(=O)N(C)C)c1)NCC1CCCCCCC1. The number of amides is 1. The molecule has 0 heterocycles. The van der Waals surface area contributed by atoms with Crippen LogP contribution in [-0.4, -0.2) is 51.0 Å². The van der Waals surface area contributed by atoms with Crippen LogP contribution in [0.1, 0.15) is 60.9 Å². The number of carbonyl (C=O) groups is 1. The van der Waals surface area contributed by atoms with Crippen molar-refractivity contribution in [2.24, 2.45) is 10.9 Å². The van der Waals surface area contributed by atoms with Gasteiger partial charge in [-0.15, -0.1) is 0 Å². The third-order valence-electron chi connectivity index (χ3n) is 5.29. The summed E-state index contributed by atoms with van der Waals surface area (Å²) >= 11 is 0. The molecule has 2 N–H and O–H groups in total. The van der Waals surface area contributed by atoms with Crippen molar-refractivity contribution in [3.63, 3.8) is 0 Å². The van der Waals surface area contributed by atoms with Gasteiger partial charge in [-0.1, -0.05) is 44.2 Å². The van der Waals surface area contributed by atoms with E-state index in [9.17, 15) is 4.79 Å². The number of hydrogen-bond acceptors (Lipinski definition) is 2. The van der Waals surface area contributed by atoms with E-state index in [1.165, 1.54) is 44.9 Å². The van der Waals surface area contributed by atoms with Gasteiger partial charge in [-0.3, -0.25) is 9.79 Å². The van der Waals surface area contributed by atoms with Crippen LogP contribution in [0.4, 0.5) is 0 Å². The van der Waals surface area contributed by atoms with E-state index in [1.54, 1.807) is 19.0 Å². The van der Waals surface area contributed by atoms with Gasteiger partial charge in [0.25, 0.3) is 5.91 Å². The molecule has 0 saturated heterocycles. The lowest BCUT2D eigenvalue weighted by Crippen LogP contribution is -2.40. The number of rotatable bonds is 6. The van der Waals surface area contributed by atoms with Crippen LogP contribution in [0.15, 0.2) is 29.3 Å². The van der Waals surface area contributed by atoms with E-state index < -0.39 is 0 Å². The average molecular weight is 373 g/mol. The van der Waals surface area contributed by atoms with Crippen molar-refractivity contribution in [1.82, 2.24) is 15.5 Å². The van der Waals surface area contributed by atoms with Gasteiger partial charge in [0.15, 0.2) is 5.96 Å². The Kier molecular flexibility index (Phi) is 9.16. The largest absolute Gasteiger partial charge is 0.356 e. The topological polar surface area (TPSA) is 56.7 Å². The number of nitrogens with one attached hydrogen (secondary N) is 2. The van der Waals surface area contributed by atoms with Crippen LogP contribution in [-0.2, 0) is 6.42 Å². The van der Waals surface area contributed by atoms with Gasteiger partial charge in [-0.05, 0) is 42.9 Å². The molecule has 0 aliphatic heterocycles. The molecule has 0 bridgehead atoms. The van der Waals surface area contributed by atoms with E-state index in [2.05, 4.69) is 21.7 Å². The number of nitrogens with zero attached hydrogens (tertiary/aromatic N) is 2. The fraction of sp³-hybridized carbons (Fsp3) is 0.636. The Morgan fingerprint density at radius 3 is 2.48 bits per heavy atom. The van der Waals surface area contributed by atoms with Gasteiger partial charge < -0.3 is 15.5 Å². The minimum atomic E-state index is 0.0430. The van der Waals surface area contributed by atoms with E-state index in [1.807, 2.05) is 25.2 Å². The van der Waals surface area contributed by atoms with E-state index in [0.29, 0.717) is 0 Å². The number of aliphatic imine (C=N–C) groups is 1. The highest BCUT2D eigenvalue weighted by Gasteiger charge is 2.12. The Bertz CT molecular complexity index is 604. The Balaban J connectivity index is 1.76. The summed E-state index contributed by atoms with van der Waals surface area (Å²) in [6.45, 7) is 1.80. The lowest BCUT2D eigenvalue weighted by atomic mass is 9.91. The van der Waals surface area contributed by atoms with Crippen LogP contribution >= 0.6 is 0 Å². The predicted molar refractivity (Wildman–Crippen MR) is 113 cm³/mol. The fourth-order valence-electron chi connectivity index (χ4n) is 3.65. The first kappa shape index (κ1) is 21.3. The quantitative estimate of drug-likeness (QED) is 0.594. The summed E-state index contributed by atoms with van der Waals surface area (Å²) in [6, 6.07) is 7.87. The smallest absolute Gasteiger partial charge is 0.253 e. The van der Waals surface area contributed by atoms with Gasteiger partial charge in [0.2, 0.25) is 0 Å². The summed E-state index contributed by atoms with van der Waals surface area (Å²) < 4.78 is 0. The molecule has 0 unspecified atom stereocenters. The zero-order valence-electron chi connectivity index (χ0n) is 17.3. The summed E-state index contributed by atoms with van der Waals surface area (Å²) in [6.07, 6.45) is 10.4. The average Bonchev–Trinajstić information content (AvgIpc) is 2.65. The fourth-order valence-corrected chi connectivity index (χ4v) is 3.65. The Morgan fingerprint density at radius 1 is 1.11 bits per heavy atom. The zero-order chi connectivity index (χ0) is 19.5. The van der Waals surface area contributed by atoms with Crippen LogP contribution < -0.4 is 10.6 Å². The molecular formula is C22H36N4O. The van der Waals surface area contributed by atoms with Gasteiger partial charge in [-0.2, -0.15) is 0 Å². The molecule has 150 valence electrons. The maximum absolute atomic E-state index is 12.1. The summed E-state index contributed by atoms with van der Waals surface area (Å²) in [7, 11) is 5.38. The summed E-state index contributed by atoms with van der Waals surface area (Å²) in [5.41, 5.74) is 1.90. The predicted octanol–water partition coefficient (Wildman–Crippen LogP) is 3.46. The van der Waals surface area contributed by atoms with Crippen molar-refractivity contribution in [1.29, 1.82) is 0 Å². The minimum absolute atomic E-state index is 0.0430. The van der Waals surface area contributed by atoms with Crippen molar-refractivity contribution in [2.75, 3.05) is 34.2 Å². The van der Waals surface area contributed by atoms with Crippen molar-refractivity contribution in [3.8, 4) is 0 Å². The minimum Gasteiger partial charge on any atom is -0.356 e. The Morgan fingerprint density at radius 2 is 1.81 bits per heavy atom. The van der Waals surface area contributed by atoms with Gasteiger partial charge >= 0.3 is 0 Å². The number of benzene rings is 1. The second-order valence-corrected chi connectivity index (χ2v) is 7.74. The molecular weight excluding hydrogens is 336 g/mol. The first-order valence-corrected chi connectivity index (χ1v) is 10.3. The number of hydrogen-bond donors (Lipinski definition) is 2. The first-order chi connectivity index (χ1) is 13.1. The van der Waals surface area contributed by atoms with E-state index >= 15 is 0 Å². The number of guanidine groups is 1.